The van der Waals surface area contributed by atoms with Crippen molar-refractivity contribution in [2.75, 3.05) is 5.32 Å². The van der Waals surface area contributed by atoms with Gasteiger partial charge in [0, 0.05) is 28.4 Å². The fourth-order valence-electron chi connectivity index (χ4n) is 2.54. The van der Waals surface area contributed by atoms with Gasteiger partial charge in [-0.1, -0.05) is 59.1 Å². The maximum atomic E-state index is 13.8. The van der Waals surface area contributed by atoms with Crippen LogP contribution < -0.4 is 10.1 Å². The quantitative estimate of drug-likeness (QED) is 0.510. The molecule has 0 saturated heterocycles. The Bertz CT molecular complexity index is 897. The van der Waals surface area contributed by atoms with Crippen LogP contribution in [-0.4, -0.2) is 0 Å². The van der Waals surface area contributed by atoms with E-state index in [0.29, 0.717) is 27.9 Å². The zero-order valence-electron chi connectivity index (χ0n) is 14.2. The van der Waals surface area contributed by atoms with Crippen LogP contribution >= 0.6 is 23.2 Å². The first-order chi connectivity index (χ1) is 12.5. The van der Waals surface area contributed by atoms with Crippen molar-refractivity contribution in [1.29, 1.82) is 0 Å². The van der Waals surface area contributed by atoms with Crippen LogP contribution in [0.1, 0.15) is 16.7 Å². The van der Waals surface area contributed by atoms with E-state index in [1.165, 1.54) is 11.6 Å². The predicted octanol–water partition coefficient (Wildman–Crippen LogP) is 6.63. The third-order valence-electron chi connectivity index (χ3n) is 3.95. The molecule has 2 nitrogen and oxygen atoms in total. The maximum absolute atomic E-state index is 13.8. The van der Waals surface area contributed by atoms with Crippen molar-refractivity contribution in [2.24, 2.45) is 0 Å². The lowest BCUT2D eigenvalue weighted by Crippen LogP contribution is -2.05. The van der Waals surface area contributed by atoms with Gasteiger partial charge in [0.1, 0.15) is 18.2 Å². The molecule has 3 aromatic rings. The minimum atomic E-state index is -0.308. The normalized spacial score (nSPS) is 10.6. The molecule has 26 heavy (non-hydrogen) atoms. The summed E-state index contributed by atoms with van der Waals surface area (Å²) in [6.45, 7) is 2.61. The lowest BCUT2D eigenvalue weighted by atomic mass is 10.1. The van der Waals surface area contributed by atoms with E-state index in [1.807, 2.05) is 31.2 Å². The number of aryl methyl sites for hydroxylation is 1. The molecular formula is C21H18Cl2FNO. The van der Waals surface area contributed by atoms with Crippen molar-refractivity contribution in [3.63, 3.8) is 0 Å². The molecule has 3 aromatic carbocycles. The summed E-state index contributed by atoms with van der Waals surface area (Å²) in [5.41, 5.74) is 3.44. The van der Waals surface area contributed by atoms with E-state index < -0.39 is 0 Å². The van der Waals surface area contributed by atoms with E-state index in [1.54, 1.807) is 30.3 Å². The number of nitrogens with one attached hydrogen (secondary N) is 1. The Labute approximate surface area is 162 Å². The number of anilines is 1. The molecule has 0 saturated carbocycles. The highest BCUT2D eigenvalue weighted by molar-refractivity contribution is 6.35. The number of ether oxygens (including phenoxy) is 1. The fourth-order valence-corrected chi connectivity index (χ4v) is 3.13. The standard InChI is InChI=1S/C21H18Cl2FNO/c1-14-6-8-18(9-7-14)25-12-16-10-17(22)11-19(23)21(16)26-13-15-4-2-3-5-20(15)24/h2-11,25H,12-13H2,1H3. The van der Waals surface area contributed by atoms with Gasteiger partial charge in [-0.05, 0) is 37.3 Å². The van der Waals surface area contributed by atoms with Crippen LogP contribution in [0.5, 0.6) is 5.75 Å². The Hall–Kier alpha value is -2.23. The Kier molecular flexibility index (Phi) is 6.02. The first kappa shape index (κ1) is 18.6. The van der Waals surface area contributed by atoms with Gasteiger partial charge < -0.3 is 10.1 Å². The van der Waals surface area contributed by atoms with Crippen LogP contribution in [0.25, 0.3) is 0 Å². The van der Waals surface area contributed by atoms with Crippen molar-refractivity contribution in [3.05, 3.63) is 93.2 Å². The van der Waals surface area contributed by atoms with Gasteiger partial charge >= 0.3 is 0 Å². The van der Waals surface area contributed by atoms with Crippen LogP contribution in [0.3, 0.4) is 0 Å². The van der Waals surface area contributed by atoms with Gasteiger partial charge in [0.25, 0.3) is 0 Å². The average Bonchev–Trinajstić information content (AvgIpc) is 2.61. The molecule has 0 heterocycles. The summed E-state index contributed by atoms with van der Waals surface area (Å²) in [7, 11) is 0. The lowest BCUT2D eigenvalue weighted by molar-refractivity contribution is 0.297. The van der Waals surface area contributed by atoms with Gasteiger partial charge in [-0.3, -0.25) is 0 Å². The van der Waals surface area contributed by atoms with Gasteiger partial charge in [-0.25, -0.2) is 4.39 Å². The second-order valence-corrected chi connectivity index (χ2v) is 6.82. The molecule has 5 heteroatoms. The Morgan fingerprint density at radius 2 is 1.69 bits per heavy atom. The van der Waals surface area contributed by atoms with Crippen LogP contribution in [0.4, 0.5) is 10.1 Å². The minimum Gasteiger partial charge on any atom is -0.487 e. The monoisotopic (exact) mass is 389 g/mol. The molecule has 3 rings (SSSR count). The van der Waals surface area contributed by atoms with Crippen LogP contribution in [0.15, 0.2) is 60.7 Å². The molecule has 0 aliphatic carbocycles. The van der Waals surface area contributed by atoms with Gasteiger partial charge in [-0.2, -0.15) is 0 Å². The molecule has 0 unspecified atom stereocenters. The molecule has 0 aromatic heterocycles. The molecule has 0 bridgehead atoms. The molecule has 1 N–H and O–H groups in total. The molecule has 0 atom stereocenters. The summed E-state index contributed by atoms with van der Waals surface area (Å²) in [5, 5.41) is 4.24. The zero-order valence-corrected chi connectivity index (χ0v) is 15.7. The molecule has 0 amide bonds. The summed E-state index contributed by atoms with van der Waals surface area (Å²) < 4.78 is 19.6. The summed E-state index contributed by atoms with van der Waals surface area (Å²) in [5.74, 6) is 0.191. The van der Waals surface area contributed by atoms with Crippen molar-refractivity contribution < 1.29 is 9.13 Å². The van der Waals surface area contributed by atoms with E-state index in [4.69, 9.17) is 27.9 Å². The Morgan fingerprint density at radius 3 is 2.42 bits per heavy atom. The second-order valence-electron chi connectivity index (χ2n) is 5.98. The average molecular weight is 390 g/mol. The summed E-state index contributed by atoms with van der Waals surface area (Å²) in [4.78, 5) is 0. The van der Waals surface area contributed by atoms with Crippen molar-refractivity contribution in [2.45, 2.75) is 20.1 Å². The third-order valence-corrected chi connectivity index (χ3v) is 4.45. The summed E-state index contributed by atoms with van der Waals surface area (Å²) in [6, 6.07) is 18.0. The van der Waals surface area contributed by atoms with E-state index in [9.17, 15) is 4.39 Å². The van der Waals surface area contributed by atoms with Crippen molar-refractivity contribution in [1.82, 2.24) is 0 Å². The first-order valence-corrected chi connectivity index (χ1v) is 8.93. The van der Waals surface area contributed by atoms with Crippen molar-refractivity contribution in [3.8, 4) is 5.75 Å². The topological polar surface area (TPSA) is 21.3 Å². The number of hydrogen-bond acceptors (Lipinski definition) is 2. The van der Waals surface area contributed by atoms with Gasteiger partial charge in [0.05, 0.1) is 5.02 Å². The highest BCUT2D eigenvalue weighted by Gasteiger charge is 2.12. The summed E-state index contributed by atoms with van der Waals surface area (Å²) in [6.07, 6.45) is 0. The zero-order chi connectivity index (χ0) is 18.5. The second kappa shape index (κ2) is 8.43. The van der Waals surface area contributed by atoms with E-state index in [0.717, 1.165) is 11.3 Å². The fraction of sp³-hybridized carbons (Fsp3) is 0.143. The van der Waals surface area contributed by atoms with Crippen LogP contribution in [0, 0.1) is 12.7 Å². The largest absolute Gasteiger partial charge is 0.487 e. The predicted molar refractivity (Wildman–Crippen MR) is 106 cm³/mol. The number of benzene rings is 3. The number of halogens is 3. The molecule has 0 radical (unpaired) electrons. The van der Waals surface area contributed by atoms with Gasteiger partial charge in [0.15, 0.2) is 0 Å². The van der Waals surface area contributed by atoms with Gasteiger partial charge in [-0.15, -0.1) is 0 Å². The summed E-state index contributed by atoms with van der Waals surface area (Å²) >= 11 is 12.5. The first-order valence-electron chi connectivity index (χ1n) is 8.17. The van der Waals surface area contributed by atoms with E-state index in [2.05, 4.69) is 5.32 Å². The molecule has 0 spiro atoms. The maximum Gasteiger partial charge on any atom is 0.143 e. The SMILES string of the molecule is Cc1ccc(NCc2cc(Cl)cc(Cl)c2OCc2ccccc2F)cc1. The minimum absolute atomic E-state index is 0.0888. The van der Waals surface area contributed by atoms with Gasteiger partial charge in [0.2, 0.25) is 0 Å². The molecular weight excluding hydrogens is 372 g/mol. The molecule has 0 aliphatic heterocycles. The lowest BCUT2D eigenvalue weighted by Gasteiger charge is -2.15. The Morgan fingerprint density at radius 1 is 0.962 bits per heavy atom. The third kappa shape index (κ3) is 4.69. The van der Waals surface area contributed by atoms with E-state index in [-0.39, 0.29) is 12.4 Å². The van der Waals surface area contributed by atoms with Crippen LogP contribution in [-0.2, 0) is 13.2 Å². The van der Waals surface area contributed by atoms with E-state index >= 15 is 0 Å². The Balaban J connectivity index is 1.78. The van der Waals surface area contributed by atoms with Crippen LogP contribution in [0.2, 0.25) is 10.0 Å². The molecule has 134 valence electrons. The molecule has 0 aliphatic rings. The highest BCUT2D eigenvalue weighted by Crippen LogP contribution is 2.33. The van der Waals surface area contributed by atoms with Crippen molar-refractivity contribution >= 4 is 28.9 Å². The highest BCUT2D eigenvalue weighted by atomic mass is 35.5. The molecule has 0 fully saturated rings. The smallest absolute Gasteiger partial charge is 0.143 e. The number of rotatable bonds is 6. The number of hydrogen-bond donors (Lipinski definition) is 1.